The number of quaternary nitrogens is 1. The van der Waals surface area contributed by atoms with Crippen LogP contribution in [-0.4, -0.2) is 32.2 Å². The number of carbonyl (C=O) groups is 1. The van der Waals surface area contributed by atoms with Crippen molar-refractivity contribution in [2.24, 2.45) is 0 Å². The smallest absolute Gasteiger partial charge is 0.348 e. The number of thiophene rings is 1. The molecule has 1 unspecified atom stereocenters. The van der Waals surface area contributed by atoms with E-state index in [0.29, 0.717) is 17.5 Å². The number of carbonyl (C=O) groups excluding carboxylic acids is 1. The topological polar surface area (TPSA) is 30.7 Å². The van der Waals surface area contributed by atoms with Crippen LogP contribution in [0, 0.1) is 0 Å². The van der Waals surface area contributed by atoms with Crippen LogP contribution in [0.4, 0.5) is 0 Å². The predicted octanol–water partition coefficient (Wildman–Crippen LogP) is 0.828. The molecule has 1 N–H and O–H groups in total. The Morgan fingerprint density at radius 3 is 2.87 bits per heavy atom. The van der Waals surface area contributed by atoms with Gasteiger partial charge in [-0.05, 0) is 25.3 Å². The van der Waals surface area contributed by atoms with Crippen molar-refractivity contribution in [1.29, 1.82) is 0 Å². The van der Waals surface area contributed by atoms with E-state index in [2.05, 4.69) is 20.9 Å². The summed E-state index contributed by atoms with van der Waals surface area (Å²) < 4.78 is 5.16. The predicted molar refractivity (Wildman–Crippen MR) is 61.5 cm³/mol. The summed E-state index contributed by atoms with van der Waals surface area (Å²) in [6.45, 7) is 5.64. The molecular formula is C11H18NO2S+. The zero-order chi connectivity index (χ0) is 11.3. The lowest BCUT2D eigenvalue weighted by Gasteiger charge is -2.17. The van der Waals surface area contributed by atoms with E-state index in [0.717, 1.165) is 6.54 Å². The highest BCUT2D eigenvalue weighted by Crippen LogP contribution is 2.09. The van der Waals surface area contributed by atoms with Gasteiger partial charge in [-0.2, -0.15) is 0 Å². The van der Waals surface area contributed by atoms with Crippen LogP contribution in [0.25, 0.3) is 0 Å². The van der Waals surface area contributed by atoms with Crippen LogP contribution in [0.2, 0.25) is 0 Å². The van der Waals surface area contributed by atoms with Crippen molar-refractivity contribution in [2.75, 3.05) is 20.2 Å². The second-order valence-corrected chi connectivity index (χ2v) is 4.81. The lowest BCUT2D eigenvalue weighted by molar-refractivity contribution is -0.901. The largest absolute Gasteiger partial charge is 0.456 e. The molecule has 0 aliphatic rings. The molecule has 0 aliphatic heterocycles. The number of ether oxygens (including phenoxy) is 1. The Hall–Kier alpha value is -0.870. The fourth-order valence-electron chi connectivity index (χ4n) is 1.06. The molecule has 4 heteroatoms. The molecule has 0 aliphatic carbocycles. The Bertz CT molecular complexity index is 296. The first-order valence-corrected chi connectivity index (χ1v) is 6.02. The lowest BCUT2D eigenvalue weighted by Crippen LogP contribution is -3.12. The van der Waals surface area contributed by atoms with E-state index >= 15 is 0 Å². The van der Waals surface area contributed by atoms with Gasteiger partial charge in [0.05, 0.1) is 13.1 Å². The molecule has 0 saturated heterocycles. The summed E-state index contributed by atoms with van der Waals surface area (Å²) in [7, 11) is 2.10. The number of nitrogens with one attached hydrogen (secondary N) is 1. The van der Waals surface area contributed by atoms with Crippen LogP contribution in [0.1, 0.15) is 23.5 Å². The molecule has 1 atom stereocenters. The van der Waals surface area contributed by atoms with Gasteiger partial charge in [0.25, 0.3) is 0 Å². The zero-order valence-electron chi connectivity index (χ0n) is 9.45. The fourth-order valence-corrected chi connectivity index (χ4v) is 1.68. The van der Waals surface area contributed by atoms with Gasteiger partial charge in [-0.15, -0.1) is 11.3 Å². The molecule has 0 bridgehead atoms. The maximum Gasteiger partial charge on any atom is 0.348 e. The van der Waals surface area contributed by atoms with Crippen LogP contribution in [-0.2, 0) is 4.74 Å². The van der Waals surface area contributed by atoms with E-state index < -0.39 is 0 Å². The summed E-state index contributed by atoms with van der Waals surface area (Å²) in [5.74, 6) is -0.207. The van der Waals surface area contributed by atoms with E-state index in [1.54, 1.807) is 6.07 Å². The molecule has 15 heavy (non-hydrogen) atoms. The summed E-state index contributed by atoms with van der Waals surface area (Å²) in [5.41, 5.74) is 0. The third-order valence-electron chi connectivity index (χ3n) is 2.44. The average molecular weight is 228 g/mol. The standard InChI is InChI=1S/C11H17NO2S/c1-9(2)12(3)6-7-14-11(13)10-5-4-8-15-10/h4-5,8-9H,6-7H2,1-3H3/p+1. The number of hydrogen-bond acceptors (Lipinski definition) is 3. The summed E-state index contributed by atoms with van der Waals surface area (Å²) in [5, 5.41) is 1.88. The highest BCUT2D eigenvalue weighted by atomic mass is 32.1. The molecule has 1 aromatic rings. The molecule has 3 nitrogen and oxygen atoms in total. The number of likely N-dealkylation sites (N-methyl/N-ethyl adjacent to an activating group) is 1. The molecule has 0 saturated carbocycles. The maximum atomic E-state index is 11.4. The molecule has 1 heterocycles. The van der Waals surface area contributed by atoms with E-state index in [4.69, 9.17) is 4.74 Å². The van der Waals surface area contributed by atoms with Gasteiger partial charge in [0, 0.05) is 0 Å². The Morgan fingerprint density at radius 2 is 2.33 bits per heavy atom. The van der Waals surface area contributed by atoms with Gasteiger partial charge in [-0.1, -0.05) is 6.07 Å². The van der Waals surface area contributed by atoms with Gasteiger partial charge >= 0.3 is 5.97 Å². The highest BCUT2D eigenvalue weighted by Gasteiger charge is 2.10. The number of rotatable bonds is 5. The lowest BCUT2D eigenvalue weighted by atomic mass is 10.3. The molecule has 0 spiro atoms. The van der Waals surface area contributed by atoms with E-state index in [-0.39, 0.29) is 5.97 Å². The highest BCUT2D eigenvalue weighted by molar-refractivity contribution is 7.11. The van der Waals surface area contributed by atoms with Gasteiger partial charge in [0.2, 0.25) is 0 Å². The molecule has 0 amide bonds. The van der Waals surface area contributed by atoms with E-state index in [1.165, 1.54) is 16.2 Å². The molecule has 84 valence electrons. The van der Waals surface area contributed by atoms with Crippen LogP contribution >= 0.6 is 11.3 Å². The third kappa shape index (κ3) is 4.01. The van der Waals surface area contributed by atoms with Gasteiger partial charge in [0.1, 0.15) is 18.0 Å². The quantitative estimate of drug-likeness (QED) is 0.757. The van der Waals surface area contributed by atoms with Crippen molar-refractivity contribution >= 4 is 17.3 Å². The first-order valence-electron chi connectivity index (χ1n) is 5.14. The molecule has 0 radical (unpaired) electrons. The zero-order valence-corrected chi connectivity index (χ0v) is 10.3. The van der Waals surface area contributed by atoms with Gasteiger partial charge < -0.3 is 9.64 Å². The van der Waals surface area contributed by atoms with Crippen molar-refractivity contribution in [2.45, 2.75) is 19.9 Å². The number of esters is 1. The van der Waals surface area contributed by atoms with Crippen LogP contribution in [0.15, 0.2) is 17.5 Å². The van der Waals surface area contributed by atoms with Crippen molar-refractivity contribution in [3.63, 3.8) is 0 Å². The molecule has 0 aromatic carbocycles. The van der Waals surface area contributed by atoms with Crippen molar-refractivity contribution in [1.82, 2.24) is 0 Å². The maximum absolute atomic E-state index is 11.4. The van der Waals surface area contributed by atoms with Crippen LogP contribution < -0.4 is 4.90 Å². The second kappa shape index (κ2) is 5.88. The fraction of sp³-hybridized carbons (Fsp3) is 0.545. The SMILES string of the molecule is CC(C)[NH+](C)CCOC(=O)c1cccs1. The monoisotopic (exact) mass is 228 g/mol. The third-order valence-corrected chi connectivity index (χ3v) is 3.29. The molecular weight excluding hydrogens is 210 g/mol. The second-order valence-electron chi connectivity index (χ2n) is 3.86. The average Bonchev–Trinajstić information content (AvgIpc) is 2.70. The van der Waals surface area contributed by atoms with Gasteiger partial charge in [-0.3, -0.25) is 0 Å². The van der Waals surface area contributed by atoms with Crippen molar-refractivity contribution in [3.05, 3.63) is 22.4 Å². The Balaban J connectivity index is 2.24. The van der Waals surface area contributed by atoms with E-state index in [1.807, 2.05) is 11.4 Å². The minimum absolute atomic E-state index is 0.207. The first kappa shape index (κ1) is 12.2. The van der Waals surface area contributed by atoms with Crippen molar-refractivity contribution < 1.29 is 14.4 Å². The van der Waals surface area contributed by atoms with Gasteiger partial charge in [-0.25, -0.2) is 4.79 Å². The van der Waals surface area contributed by atoms with E-state index in [9.17, 15) is 4.79 Å². The Morgan fingerprint density at radius 1 is 1.60 bits per heavy atom. The summed E-state index contributed by atoms with van der Waals surface area (Å²) in [4.78, 5) is 13.5. The molecule has 1 aromatic heterocycles. The van der Waals surface area contributed by atoms with Gasteiger partial charge in [0.15, 0.2) is 0 Å². The molecule has 1 rings (SSSR count). The number of hydrogen-bond donors (Lipinski definition) is 1. The summed E-state index contributed by atoms with van der Waals surface area (Å²) in [6, 6.07) is 4.20. The van der Waals surface area contributed by atoms with Crippen LogP contribution in [0.3, 0.4) is 0 Å². The summed E-state index contributed by atoms with van der Waals surface area (Å²) in [6.07, 6.45) is 0. The summed E-state index contributed by atoms with van der Waals surface area (Å²) >= 11 is 1.41. The van der Waals surface area contributed by atoms with Crippen molar-refractivity contribution in [3.8, 4) is 0 Å². The first-order chi connectivity index (χ1) is 7.11. The minimum Gasteiger partial charge on any atom is -0.456 e. The molecule has 0 fully saturated rings. The Kier molecular flexibility index (Phi) is 4.78. The minimum atomic E-state index is -0.207. The van der Waals surface area contributed by atoms with Crippen LogP contribution in [0.5, 0.6) is 0 Å². The normalized spacial score (nSPS) is 12.8. The Labute approximate surface area is 94.7 Å².